The lowest BCUT2D eigenvalue weighted by Gasteiger charge is -2.01. The van der Waals surface area contributed by atoms with E-state index in [4.69, 9.17) is 16.1 Å². The molecule has 0 unspecified atom stereocenters. The van der Waals surface area contributed by atoms with E-state index in [0.717, 1.165) is 10.0 Å². The standard InChI is InChI=1S/C12H11BrClN3O2/c13-8-3-6(1-2-9(8)14)11-16-12(19-17-11)10-4-7(18)5-15-10/h1-3,7,10,15,18H,4-5H2/t7-,10+/m1/s1. The molecule has 0 amide bonds. The predicted molar refractivity (Wildman–Crippen MR) is 73.8 cm³/mol. The lowest BCUT2D eigenvalue weighted by Crippen LogP contribution is -2.15. The SMILES string of the molecule is O[C@H]1CN[C@H](c2nc(-c3ccc(Cl)c(Br)c3)no2)C1. The first-order valence-corrected chi connectivity index (χ1v) is 7.01. The third-order valence-electron chi connectivity index (χ3n) is 3.03. The number of nitrogens with one attached hydrogen (secondary N) is 1. The number of aromatic nitrogens is 2. The fraction of sp³-hybridized carbons (Fsp3) is 0.333. The first kappa shape index (κ1) is 13.1. The van der Waals surface area contributed by atoms with Crippen LogP contribution in [0.3, 0.4) is 0 Å². The van der Waals surface area contributed by atoms with Gasteiger partial charge in [-0.05, 0) is 40.5 Å². The van der Waals surface area contributed by atoms with Crippen LogP contribution < -0.4 is 5.32 Å². The van der Waals surface area contributed by atoms with Crippen molar-refractivity contribution in [1.82, 2.24) is 15.5 Å². The average molecular weight is 345 g/mol. The maximum absolute atomic E-state index is 9.48. The first-order valence-electron chi connectivity index (χ1n) is 5.84. The smallest absolute Gasteiger partial charge is 0.244 e. The third-order valence-corrected chi connectivity index (χ3v) is 4.24. The van der Waals surface area contributed by atoms with Gasteiger partial charge in [-0.1, -0.05) is 16.8 Å². The van der Waals surface area contributed by atoms with Crippen LogP contribution in [0.4, 0.5) is 0 Å². The summed E-state index contributed by atoms with van der Waals surface area (Å²) in [6.45, 7) is 0.550. The van der Waals surface area contributed by atoms with Crippen molar-refractivity contribution in [3.8, 4) is 11.4 Å². The minimum absolute atomic E-state index is 0.0769. The number of nitrogens with zero attached hydrogens (tertiary/aromatic N) is 2. The molecule has 1 aromatic heterocycles. The van der Waals surface area contributed by atoms with Crippen LogP contribution in [0, 0.1) is 0 Å². The van der Waals surface area contributed by atoms with Crippen LogP contribution in [0.2, 0.25) is 5.02 Å². The maximum atomic E-state index is 9.48. The molecule has 0 radical (unpaired) electrons. The normalized spacial score (nSPS) is 22.9. The highest BCUT2D eigenvalue weighted by molar-refractivity contribution is 9.10. The molecule has 1 aliphatic heterocycles. The molecule has 1 saturated heterocycles. The highest BCUT2D eigenvalue weighted by Gasteiger charge is 2.28. The molecule has 5 nitrogen and oxygen atoms in total. The summed E-state index contributed by atoms with van der Waals surface area (Å²) in [6, 6.07) is 5.37. The first-order chi connectivity index (χ1) is 9.13. The zero-order valence-electron chi connectivity index (χ0n) is 9.81. The van der Waals surface area contributed by atoms with Crippen molar-refractivity contribution in [1.29, 1.82) is 0 Å². The number of hydrogen-bond donors (Lipinski definition) is 2. The molecular formula is C12H11BrClN3O2. The van der Waals surface area contributed by atoms with Gasteiger partial charge >= 0.3 is 0 Å². The van der Waals surface area contributed by atoms with E-state index in [1.807, 2.05) is 12.1 Å². The van der Waals surface area contributed by atoms with E-state index < -0.39 is 0 Å². The number of halogens is 2. The highest BCUT2D eigenvalue weighted by Crippen LogP contribution is 2.29. The largest absolute Gasteiger partial charge is 0.392 e. The maximum Gasteiger partial charge on any atom is 0.244 e. The molecule has 19 heavy (non-hydrogen) atoms. The molecule has 7 heteroatoms. The van der Waals surface area contributed by atoms with Gasteiger partial charge in [-0.2, -0.15) is 4.98 Å². The van der Waals surface area contributed by atoms with E-state index in [1.165, 1.54) is 0 Å². The van der Waals surface area contributed by atoms with Crippen LogP contribution in [0.1, 0.15) is 18.4 Å². The molecule has 1 aliphatic rings. The minimum Gasteiger partial charge on any atom is -0.392 e. The van der Waals surface area contributed by atoms with Crippen molar-refractivity contribution in [3.05, 3.63) is 33.6 Å². The third kappa shape index (κ3) is 2.67. The Morgan fingerprint density at radius 2 is 2.32 bits per heavy atom. The Morgan fingerprint density at radius 1 is 1.47 bits per heavy atom. The van der Waals surface area contributed by atoms with Gasteiger partial charge in [0.15, 0.2) is 0 Å². The van der Waals surface area contributed by atoms with Crippen LogP contribution in [0.25, 0.3) is 11.4 Å². The van der Waals surface area contributed by atoms with Crippen molar-refractivity contribution < 1.29 is 9.63 Å². The van der Waals surface area contributed by atoms with E-state index in [-0.39, 0.29) is 12.1 Å². The Balaban J connectivity index is 1.86. The lowest BCUT2D eigenvalue weighted by molar-refractivity contribution is 0.191. The number of rotatable bonds is 2. The Hall–Kier alpha value is -0.950. The summed E-state index contributed by atoms with van der Waals surface area (Å²) < 4.78 is 6.02. The Morgan fingerprint density at radius 3 is 3.00 bits per heavy atom. The van der Waals surface area contributed by atoms with Gasteiger partial charge in [0.05, 0.1) is 17.2 Å². The summed E-state index contributed by atoms with van der Waals surface area (Å²) in [5.41, 5.74) is 0.824. The fourth-order valence-electron chi connectivity index (χ4n) is 2.03. The zero-order valence-corrected chi connectivity index (χ0v) is 12.1. The topological polar surface area (TPSA) is 71.2 Å². The molecule has 0 spiro atoms. The Labute approximate surface area is 123 Å². The number of hydrogen-bond acceptors (Lipinski definition) is 5. The van der Waals surface area contributed by atoms with Gasteiger partial charge in [-0.3, -0.25) is 0 Å². The molecular weight excluding hydrogens is 334 g/mol. The molecule has 0 saturated carbocycles. The number of β-amino-alcohol motifs (C(OH)–C–C–N with tert-alkyl or cyclic N) is 1. The molecule has 2 heterocycles. The van der Waals surface area contributed by atoms with Crippen molar-refractivity contribution in [2.75, 3.05) is 6.54 Å². The Bertz CT molecular complexity index is 604. The Kier molecular flexibility index (Phi) is 3.58. The minimum atomic E-state index is -0.356. The summed E-state index contributed by atoms with van der Waals surface area (Å²) in [7, 11) is 0. The molecule has 0 bridgehead atoms. The quantitative estimate of drug-likeness (QED) is 0.876. The second kappa shape index (κ2) is 5.20. The summed E-state index contributed by atoms with van der Waals surface area (Å²) in [4.78, 5) is 4.35. The van der Waals surface area contributed by atoms with Gasteiger partial charge in [0.2, 0.25) is 11.7 Å². The van der Waals surface area contributed by atoms with Crippen molar-refractivity contribution >= 4 is 27.5 Å². The molecule has 1 fully saturated rings. The van der Waals surface area contributed by atoms with Crippen molar-refractivity contribution in [2.45, 2.75) is 18.6 Å². The molecule has 100 valence electrons. The van der Waals surface area contributed by atoms with Crippen LogP contribution in [0.15, 0.2) is 27.2 Å². The number of aliphatic hydroxyl groups is 1. The van der Waals surface area contributed by atoms with E-state index >= 15 is 0 Å². The van der Waals surface area contributed by atoms with E-state index in [2.05, 4.69) is 31.4 Å². The van der Waals surface area contributed by atoms with E-state index in [9.17, 15) is 5.11 Å². The highest BCUT2D eigenvalue weighted by atomic mass is 79.9. The van der Waals surface area contributed by atoms with E-state index in [1.54, 1.807) is 6.07 Å². The summed E-state index contributed by atoms with van der Waals surface area (Å²) in [5, 5.41) is 17.2. The zero-order chi connectivity index (χ0) is 13.4. The van der Waals surface area contributed by atoms with Gasteiger partial charge in [0.25, 0.3) is 0 Å². The summed E-state index contributed by atoms with van der Waals surface area (Å²) in [6.07, 6.45) is 0.233. The second-order valence-electron chi connectivity index (χ2n) is 4.44. The van der Waals surface area contributed by atoms with Crippen LogP contribution in [0.5, 0.6) is 0 Å². The fourth-order valence-corrected chi connectivity index (χ4v) is 2.53. The van der Waals surface area contributed by atoms with E-state index in [0.29, 0.717) is 29.7 Å². The second-order valence-corrected chi connectivity index (χ2v) is 5.70. The van der Waals surface area contributed by atoms with Crippen molar-refractivity contribution in [2.24, 2.45) is 0 Å². The molecule has 2 atom stereocenters. The van der Waals surface area contributed by atoms with Gasteiger partial charge in [-0.25, -0.2) is 0 Å². The summed E-state index contributed by atoms with van der Waals surface area (Å²) >= 11 is 9.30. The molecule has 1 aromatic carbocycles. The molecule has 2 N–H and O–H groups in total. The molecule has 2 aromatic rings. The van der Waals surface area contributed by atoms with Crippen LogP contribution >= 0.6 is 27.5 Å². The average Bonchev–Trinajstić information content (AvgIpc) is 3.01. The van der Waals surface area contributed by atoms with Gasteiger partial charge in [-0.15, -0.1) is 0 Å². The van der Waals surface area contributed by atoms with Gasteiger partial charge in [0, 0.05) is 16.6 Å². The number of benzene rings is 1. The van der Waals surface area contributed by atoms with Gasteiger partial charge < -0.3 is 14.9 Å². The predicted octanol–water partition coefficient (Wildman–Crippen LogP) is 2.55. The van der Waals surface area contributed by atoms with Gasteiger partial charge in [0.1, 0.15) is 0 Å². The molecule has 3 rings (SSSR count). The lowest BCUT2D eigenvalue weighted by atomic mass is 10.2. The molecule has 0 aliphatic carbocycles. The van der Waals surface area contributed by atoms with Crippen LogP contribution in [-0.2, 0) is 0 Å². The number of aliphatic hydroxyl groups excluding tert-OH is 1. The van der Waals surface area contributed by atoms with Crippen molar-refractivity contribution in [3.63, 3.8) is 0 Å². The van der Waals surface area contributed by atoms with Crippen LogP contribution in [-0.4, -0.2) is 27.9 Å². The summed E-state index contributed by atoms with van der Waals surface area (Å²) in [5.74, 6) is 1.01. The monoisotopic (exact) mass is 343 g/mol.